The van der Waals surface area contributed by atoms with E-state index in [1.54, 1.807) is 6.92 Å². The number of unbranched alkanes of at least 4 members (excludes halogenated alkanes) is 1. The van der Waals surface area contributed by atoms with Crippen molar-refractivity contribution in [3.05, 3.63) is 0 Å². The minimum Gasteiger partial charge on any atom is -0.480 e. The second kappa shape index (κ2) is 7.20. The molecule has 1 aromatic heterocycles. The Morgan fingerprint density at radius 3 is 2.94 bits per heavy atom. The Morgan fingerprint density at radius 1 is 1.61 bits per heavy atom. The number of tetrazole rings is 1. The largest absolute Gasteiger partial charge is 0.480 e. The maximum absolute atomic E-state index is 11.0. The lowest BCUT2D eigenvalue weighted by atomic mass is 10.1. The topological polar surface area (TPSA) is 142 Å². The highest BCUT2D eigenvalue weighted by atomic mass is 16.4. The van der Waals surface area contributed by atoms with Crippen LogP contribution >= 0.6 is 0 Å². The van der Waals surface area contributed by atoms with Gasteiger partial charge < -0.3 is 16.2 Å². The van der Waals surface area contributed by atoms with Crippen molar-refractivity contribution in [3.8, 4) is 0 Å². The van der Waals surface area contributed by atoms with Gasteiger partial charge >= 0.3 is 5.97 Å². The van der Waals surface area contributed by atoms with E-state index in [9.17, 15) is 4.79 Å². The third-order valence-corrected chi connectivity index (χ3v) is 2.21. The van der Waals surface area contributed by atoms with E-state index in [4.69, 9.17) is 10.8 Å². The van der Waals surface area contributed by atoms with E-state index in [0.29, 0.717) is 18.8 Å². The van der Waals surface area contributed by atoms with Crippen LogP contribution in [-0.4, -0.2) is 50.1 Å². The van der Waals surface area contributed by atoms with Gasteiger partial charge in [-0.2, -0.15) is 5.21 Å². The number of hydrogen-bond acceptors (Lipinski definition) is 6. The monoisotopic (exact) mass is 255 g/mol. The number of carboxylic acid groups (broad SMARTS) is 1. The van der Waals surface area contributed by atoms with Crippen molar-refractivity contribution >= 4 is 17.8 Å². The lowest BCUT2D eigenvalue weighted by Gasteiger charge is -2.11. The number of nitrogens with zero attached hydrogens (tertiary/aromatic N) is 4. The highest BCUT2D eigenvalue weighted by Crippen LogP contribution is 2.06. The van der Waals surface area contributed by atoms with Gasteiger partial charge in [-0.05, 0) is 31.4 Å². The van der Waals surface area contributed by atoms with Gasteiger partial charge in [0.15, 0.2) is 0 Å². The molecular formula is C9H17N7O2. The van der Waals surface area contributed by atoms with Crippen molar-refractivity contribution < 1.29 is 9.90 Å². The third-order valence-electron chi connectivity index (χ3n) is 2.21. The molecule has 9 nitrogen and oxygen atoms in total. The number of aromatic nitrogens is 4. The van der Waals surface area contributed by atoms with Gasteiger partial charge in [-0.15, -0.1) is 5.10 Å². The zero-order chi connectivity index (χ0) is 13.4. The SMILES string of the molecule is CC(N)=NCCCC[C@H](Nc1nn[nH]n1)C(=O)O. The molecule has 0 aliphatic carbocycles. The highest BCUT2D eigenvalue weighted by molar-refractivity contribution is 5.77. The Labute approximate surface area is 104 Å². The zero-order valence-electron chi connectivity index (χ0n) is 10.1. The maximum Gasteiger partial charge on any atom is 0.326 e. The molecule has 100 valence electrons. The van der Waals surface area contributed by atoms with Crippen LogP contribution in [-0.2, 0) is 4.79 Å². The number of carboxylic acids is 1. The van der Waals surface area contributed by atoms with Crippen LogP contribution in [0.5, 0.6) is 0 Å². The number of nitrogens with one attached hydrogen (secondary N) is 2. The summed E-state index contributed by atoms with van der Waals surface area (Å²) in [4.78, 5) is 15.0. The quantitative estimate of drug-likeness (QED) is 0.281. The minimum absolute atomic E-state index is 0.179. The Bertz CT molecular complexity index is 386. The lowest BCUT2D eigenvalue weighted by molar-refractivity contribution is -0.138. The smallest absolute Gasteiger partial charge is 0.326 e. The molecule has 0 aliphatic rings. The van der Waals surface area contributed by atoms with Gasteiger partial charge in [-0.1, -0.05) is 5.10 Å². The molecule has 0 spiro atoms. The van der Waals surface area contributed by atoms with Gasteiger partial charge in [0.25, 0.3) is 5.95 Å². The summed E-state index contributed by atoms with van der Waals surface area (Å²) in [6.07, 6.45) is 1.97. The first-order valence-electron chi connectivity index (χ1n) is 5.59. The maximum atomic E-state index is 11.0. The van der Waals surface area contributed by atoms with Gasteiger partial charge in [0.05, 0.1) is 5.84 Å². The van der Waals surface area contributed by atoms with E-state index < -0.39 is 12.0 Å². The number of hydrogen-bond donors (Lipinski definition) is 4. The van der Waals surface area contributed by atoms with Gasteiger partial charge in [0, 0.05) is 6.54 Å². The Hall–Kier alpha value is -2.19. The zero-order valence-corrected chi connectivity index (χ0v) is 10.1. The molecule has 0 aliphatic heterocycles. The number of carbonyl (C=O) groups is 1. The molecule has 0 radical (unpaired) electrons. The van der Waals surface area contributed by atoms with E-state index >= 15 is 0 Å². The minimum atomic E-state index is -0.946. The predicted molar refractivity (Wildman–Crippen MR) is 65.2 cm³/mol. The van der Waals surface area contributed by atoms with Crippen LogP contribution in [0.2, 0.25) is 0 Å². The second-order valence-corrected chi connectivity index (χ2v) is 3.79. The van der Waals surface area contributed by atoms with E-state index in [1.807, 2.05) is 0 Å². The summed E-state index contributed by atoms with van der Waals surface area (Å²) in [5.74, 6) is -0.230. The fourth-order valence-electron chi connectivity index (χ4n) is 1.35. The van der Waals surface area contributed by atoms with Gasteiger partial charge in [0.1, 0.15) is 6.04 Å². The fourth-order valence-corrected chi connectivity index (χ4v) is 1.35. The summed E-state index contributed by atoms with van der Waals surface area (Å²) in [6, 6.07) is -0.731. The number of nitrogens with two attached hydrogens (primary N) is 1. The summed E-state index contributed by atoms with van der Waals surface area (Å²) < 4.78 is 0. The molecule has 9 heteroatoms. The van der Waals surface area contributed by atoms with Crippen molar-refractivity contribution in [1.82, 2.24) is 20.6 Å². The number of H-pyrrole nitrogens is 1. The standard InChI is InChI=1S/C9H17N7O2/c1-6(10)11-5-3-2-4-7(8(17)18)12-9-13-15-16-14-9/h7H,2-5H2,1H3,(H2,10,11)(H,17,18)(H2,12,13,14,15,16)/t7-/m0/s1. The molecule has 0 aromatic carbocycles. The van der Waals surface area contributed by atoms with E-state index in [2.05, 4.69) is 30.9 Å². The van der Waals surface area contributed by atoms with Crippen molar-refractivity contribution in [2.24, 2.45) is 10.7 Å². The molecule has 0 saturated heterocycles. The van der Waals surface area contributed by atoms with Gasteiger partial charge in [0.2, 0.25) is 0 Å². The molecule has 0 saturated carbocycles. The first-order valence-corrected chi connectivity index (χ1v) is 5.59. The number of amidine groups is 1. The van der Waals surface area contributed by atoms with E-state index in [0.717, 1.165) is 12.8 Å². The number of aliphatic carboxylic acids is 1. The summed E-state index contributed by atoms with van der Waals surface area (Å²) in [5, 5.41) is 24.6. The third kappa shape index (κ3) is 5.23. The normalized spacial score (nSPS) is 13.3. The molecule has 5 N–H and O–H groups in total. The van der Waals surface area contributed by atoms with Crippen LogP contribution in [0, 0.1) is 0 Å². The summed E-state index contributed by atoms with van der Waals surface area (Å²) >= 11 is 0. The lowest BCUT2D eigenvalue weighted by Crippen LogP contribution is -2.29. The second-order valence-electron chi connectivity index (χ2n) is 3.79. The van der Waals surface area contributed by atoms with E-state index in [1.165, 1.54) is 0 Å². The molecule has 1 atom stereocenters. The molecule has 0 fully saturated rings. The number of aliphatic imine (C=N–C) groups is 1. The predicted octanol–water partition coefficient (Wildman–Crippen LogP) is -0.388. The first kappa shape index (κ1) is 13.9. The number of aromatic amines is 1. The molecule has 0 unspecified atom stereocenters. The van der Waals surface area contributed by atoms with Crippen LogP contribution < -0.4 is 11.1 Å². The molecule has 1 rings (SSSR count). The van der Waals surface area contributed by atoms with Crippen LogP contribution in [0.3, 0.4) is 0 Å². The summed E-state index contributed by atoms with van der Waals surface area (Å²) in [5.41, 5.74) is 5.39. The Morgan fingerprint density at radius 2 is 2.39 bits per heavy atom. The molecular weight excluding hydrogens is 238 g/mol. The molecule has 0 amide bonds. The van der Waals surface area contributed by atoms with Crippen LogP contribution in [0.15, 0.2) is 4.99 Å². The van der Waals surface area contributed by atoms with E-state index in [-0.39, 0.29) is 5.95 Å². The van der Waals surface area contributed by atoms with Crippen LogP contribution in [0.25, 0.3) is 0 Å². The first-order chi connectivity index (χ1) is 8.59. The van der Waals surface area contributed by atoms with Crippen LogP contribution in [0.1, 0.15) is 26.2 Å². The van der Waals surface area contributed by atoms with Gasteiger partial charge in [-0.25, -0.2) is 4.79 Å². The fraction of sp³-hybridized carbons (Fsp3) is 0.667. The molecule has 0 bridgehead atoms. The van der Waals surface area contributed by atoms with Crippen molar-refractivity contribution in [2.45, 2.75) is 32.2 Å². The van der Waals surface area contributed by atoms with Crippen molar-refractivity contribution in [3.63, 3.8) is 0 Å². The summed E-state index contributed by atoms with van der Waals surface area (Å²) in [6.45, 7) is 2.33. The van der Waals surface area contributed by atoms with Crippen LogP contribution in [0.4, 0.5) is 5.95 Å². The Balaban J connectivity index is 2.30. The average molecular weight is 255 g/mol. The number of rotatable bonds is 8. The Kier molecular flexibility index (Phi) is 5.55. The molecule has 1 heterocycles. The van der Waals surface area contributed by atoms with Crippen molar-refractivity contribution in [1.29, 1.82) is 0 Å². The summed E-state index contributed by atoms with van der Waals surface area (Å²) in [7, 11) is 0. The molecule has 1 aromatic rings. The van der Waals surface area contributed by atoms with Crippen molar-refractivity contribution in [2.75, 3.05) is 11.9 Å². The average Bonchev–Trinajstić information content (AvgIpc) is 2.79. The highest BCUT2D eigenvalue weighted by Gasteiger charge is 2.18. The van der Waals surface area contributed by atoms with Gasteiger partial charge in [-0.3, -0.25) is 4.99 Å². The molecule has 18 heavy (non-hydrogen) atoms. The number of anilines is 1.